The van der Waals surface area contributed by atoms with Crippen LogP contribution in [0.25, 0.3) is 0 Å². The standard InChI is InChI=1S/C19H14BrClN2O3/c20-17-10-9-16(26-17)19(25)23-15-5-1-12(2-6-15)11-18(24)22-14-7-3-13(21)4-8-14/h1-10H,11H2,(H,22,24)(H,23,25). The Labute approximate surface area is 163 Å². The third-order valence-corrected chi connectivity index (χ3v) is 4.18. The Morgan fingerprint density at radius 2 is 1.50 bits per heavy atom. The molecule has 2 N–H and O–H groups in total. The second kappa shape index (κ2) is 8.21. The van der Waals surface area contributed by atoms with E-state index in [9.17, 15) is 9.59 Å². The molecule has 2 aromatic carbocycles. The molecule has 5 nitrogen and oxygen atoms in total. The van der Waals surface area contributed by atoms with Crippen LogP contribution in [-0.2, 0) is 11.2 Å². The first-order valence-electron chi connectivity index (χ1n) is 7.70. The normalized spacial score (nSPS) is 10.4. The van der Waals surface area contributed by atoms with Gasteiger partial charge in [0.2, 0.25) is 5.91 Å². The minimum absolute atomic E-state index is 0.135. The van der Waals surface area contributed by atoms with Crippen LogP contribution in [0.1, 0.15) is 16.1 Å². The molecule has 0 aliphatic heterocycles. The van der Waals surface area contributed by atoms with Gasteiger partial charge in [-0.3, -0.25) is 9.59 Å². The Balaban J connectivity index is 1.56. The van der Waals surface area contributed by atoms with Gasteiger partial charge in [0.25, 0.3) is 5.91 Å². The van der Waals surface area contributed by atoms with E-state index in [1.165, 1.54) is 0 Å². The third-order valence-electron chi connectivity index (χ3n) is 3.50. The molecule has 3 rings (SSSR count). The van der Waals surface area contributed by atoms with Crippen molar-refractivity contribution in [2.45, 2.75) is 6.42 Å². The maximum atomic E-state index is 12.1. The summed E-state index contributed by atoms with van der Waals surface area (Å²) in [5.74, 6) is -0.267. The van der Waals surface area contributed by atoms with Crippen LogP contribution in [0.4, 0.5) is 11.4 Å². The van der Waals surface area contributed by atoms with E-state index in [0.29, 0.717) is 21.1 Å². The number of nitrogens with one attached hydrogen (secondary N) is 2. The molecule has 0 unspecified atom stereocenters. The van der Waals surface area contributed by atoms with Gasteiger partial charge in [0.05, 0.1) is 6.42 Å². The maximum absolute atomic E-state index is 12.1. The van der Waals surface area contributed by atoms with E-state index in [0.717, 1.165) is 5.56 Å². The van der Waals surface area contributed by atoms with Crippen LogP contribution in [-0.4, -0.2) is 11.8 Å². The molecule has 0 fully saturated rings. The fourth-order valence-electron chi connectivity index (χ4n) is 2.26. The maximum Gasteiger partial charge on any atom is 0.291 e. The Hall–Kier alpha value is -2.57. The van der Waals surface area contributed by atoms with Gasteiger partial charge in [-0.1, -0.05) is 23.7 Å². The molecule has 0 aliphatic rings. The van der Waals surface area contributed by atoms with Gasteiger partial charge in [0.15, 0.2) is 10.4 Å². The Morgan fingerprint density at radius 1 is 0.885 bits per heavy atom. The van der Waals surface area contributed by atoms with Gasteiger partial charge in [0.1, 0.15) is 0 Å². The highest BCUT2D eigenvalue weighted by Gasteiger charge is 2.11. The fraction of sp³-hybridized carbons (Fsp3) is 0.0526. The monoisotopic (exact) mass is 432 g/mol. The molecule has 3 aromatic rings. The number of hydrogen-bond acceptors (Lipinski definition) is 3. The zero-order valence-electron chi connectivity index (χ0n) is 13.5. The van der Waals surface area contributed by atoms with E-state index in [1.807, 2.05) is 0 Å². The van der Waals surface area contributed by atoms with Crippen molar-refractivity contribution < 1.29 is 14.0 Å². The Kier molecular flexibility index (Phi) is 5.75. The van der Waals surface area contributed by atoms with Crippen LogP contribution < -0.4 is 10.6 Å². The van der Waals surface area contributed by atoms with E-state index in [4.69, 9.17) is 16.0 Å². The number of halogens is 2. The highest BCUT2D eigenvalue weighted by molar-refractivity contribution is 9.10. The molecule has 132 valence electrons. The number of benzene rings is 2. The van der Waals surface area contributed by atoms with Crippen molar-refractivity contribution in [3.63, 3.8) is 0 Å². The summed E-state index contributed by atoms with van der Waals surface area (Å²) < 4.78 is 5.69. The summed E-state index contributed by atoms with van der Waals surface area (Å²) in [7, 11) is 0. The number of hydrogen-bond donors (Lipinski definition) is 2. The van der Waals surface area contributed by atoms with Crippen molar-refractivity contribution in [1.82, 2.24) is 0 Å². The summed E-state index contributed by atoms with van der Waals surface area (Å²) in [6.45, 7) is 0. The zero-order chi connectivity index (χ0) is 18.5. The molecule has 0 aliphatic carbocycles. The molecule has 0 saturated carbocycles. The number of rotatable bonds is 5. The molecular weight excluding hydrogens is 420 g/mol. The SMILES string of the molecule is O=C(Cc1ccc(NC(=O)c2ccc(Br)o2)cc1)Nc1ccc(Cl)cc1. The Bertz CT molecular complexity index is 921. The van der Waals surface area contributed by atoms with E-state index in [1.54, 1.807) is 60.7 Å². The highest BCUT2D eigenvalue weighted by atomic mass is 79.9. The average molecular weight is 434 g/mol. The fourth-order valence-corrected chi connectivity index (χ4v) is 2.69. The van der Waals surface area contributed by atoms with Crippen molar-refractivity contribution in [3.8, 4) is 0 Å². The van der Waals surface area contributed by atoms with Crippen molar-refractivity contribution in [3.05, 3.63) is 81.7 Å². The molecule has 7 heteroatoms. The topological polar surface area (TPSA) is 71.3 Å². The van der Waals surface area contributed by atoms with Crippen molar-refractivity contribution >= 4 is 50.7 Å². The number of furan rings is 1. The minimum Gasteiger partial charge on any atom is -0.444 e. The second-order valence-electron chi connectivity index (χ2n) is 5.49. The third kappa shape index (κ3) is 4.97. The number of carbonyl (C=O) groups excluding carboxylic acids is 2. The first-order valence-corrected chi connectivity index (χ1v) is 8.88. The largest absolute Gasteiger partial charge is 0.444 e. The lowest BCUT2D eigenvalue weighted by molar-refractivity contribution is -0.115. The number of anilines is 2. The first-order chi connectivity index (χ1) is 12.5. The molecule has 0 saturated heterocycles. The summed E-state index contributed by atoms with van der Waals surface area (Å²) in [5, 5.41) is 6.15. The van der Waals surface area contributed by atoms with Gasteiger partial charge in [-0.2, -0.15) is 0 Å². The van der Waals surface area contributed by atoms with E-state index >= 15 is 0 Å². The average Bonchev–Trinajstić information content (AvgIpc) is 3.05. The molecule has 1 aromatic heterocycles. The predicted molar refractivity (Wildman–Crippen MR) is 105 cm³/mol. The van der Waals surface area contributed by atoms with Gasteiger partial charge in [-0.15, -0.1) is 0 Å². The summed E-state index contributed by atoms with van der Waals surface area (Å²) in [5.41, 5.74) is 2.13. The first kappa shape index (κ1) is 18.2. The second-order valence-corrected chi connectivity index (χ2v) is 6.70. The summed E-state index contributed by atoms with van der Waals surface area (Å²) in [6.07, 6.45) is 0.224. The lowest BCUT2D eigenvalue weighted by Crippen LogP contribution is -2.14. The summed E-state index contributed by atoms with van der Waals surface area (Å²) in [6, 6.07) is 17.2. The minimum atomic E-state index is -0.344. The van der Waals surface area contributed by atoms with Crippen LogP contribution in [0.3, 0.4) is 0 Å². The van der Waals surface area contributed by atoms with Crippen molar-refractivity contribution in [2.24, 2.45) is 0 Å². The molecule has 0 atom stereocenters. The van der Waals surface area contributed by atoms with E-state index in [2.05, 4.69) is 26.6 Å². The van der Waals surface area contributed by atoms with Crippen LogP contribution in [0, 0.1) is 0 Å². The summed E-state index contributed by atoms with van der Waals surface area (Å²) in [4.78, 5) is 24.1. The van der Waals surface area contributed by atoms with Gasteiger partial charge in [-0.05, 0) is 70.0 Å². The zero-order valence-corrected chi connectivity index (χ0v) is 15.8. The molecule has 0 radical (unpaired) electrons. The molecule has 0 bridgehead atoms. The van der Waals surface area contributed by atoms with Crippen molar-refractivity contribution in [2.75, 3.05) is 10.6 Å². The summed E-state index contributed by atoms with van der Waals surface area (Å²) >= 11 is 8.97. The van der Waals surface area contributed by atoms with Gasteiger partial charge < -0.3 is 15.1 Å². The van der Waals surface area contributed by atoms with Gasteiger partial charge in [0, 0.05) is 16.4 Å². The molecule has 1 heterocycles. The van der Waals surface area contributed by atoms with Crippen LogP contribution in [0.5, 0.6) is 0 Å². The predicted octanol–water partition coefficient (Wildman–Crippen LogP) is 5.13. The van der Waals surface area contributed by atoms with Gasteiger partial charge in [-0.25, -0.2) is 0 Å². The smallest absolute Gasteiger partial charge is 0.291 e. The lowest BCUT2D eigenvalue weighted by atomic mass is 10.1. The van der Waals surface area contributed by atoms with Crippen LogP contribution >= 0.6 is 27.5 Å². The molecular formula is C19H14BrClN2O3. The quantitative estimate of drug-likeness (QED) is 0.586. The lowest BCUT2D eigenvalue weighted by Gasteiger charge is -2.07. The Morgan fingerprint density at radius 3 is 2.12 bits per heavy atom. The van der Waals surface area contributed by atoms with Gasteiger partial charge >= 0.3 is 0 Å². The van der Waals surface area contributed by atoms with Crippen LogP contribution in [0.15, 0.2) is 69.8 Å². The molecule has 0 spiro atoms. The van der Waals surface area contributed by atoms with Crippen molar-refractivity contribution in [1.29, 1.82) is 0 Å². The number of carbonyl (C=O) groups is 2. The number of amides is 2. The highest BCUT2D eigenvalue weighted by Crippen LogP contribution is 2.17. The van der Waals surface area contributed by atoms with Crippen LogP contribution in [0.2, 0.25) is 5.02 Å². The van der Waals surface area contributed by atoms with E-state index in [-0.39, 0.29) is 24.0 Å². The van der Waals surface area contributed by atoms with E-state index < -0.39 is 0 Å². The molecule has 26 heavy (non-hydrogen) atoms. The molecule has 2 amide bonds.